The van der Waals surface area contributed by atoms with E-state index in [9.17, 15) is 10.1 Å². The number of ether oxygens (including phenoxy) is 2. The highest BCUT2D eigenvalue weighted by Gasteiger charge is 2.15. The van der Waals surface area contributed by atoms with Gasteiger partial charge in [0.25, 0.3) is 5.69 Å². The van der Waals surface area contributed by atoms with Crippen molar-refractivity contribution in [2.24, 2.45) is 0 Å². The Hall–Kier alpha value is -3.51. The average molecular weight is 467 g/mol. The minimum atomic E-state index is -0.419. The smallest absolute Gasteiger partial charge is 0.269 e. The van der Waals surface area contributed by atoms with Crippen LogP contribution in [0.15, 0.2) is 67.3 Å². The van der Waals surface area contributed by atoms with Gasteiger partial charge in [0, 0.05) is 35.0 Å². The number of non-ortho nitro benzene ring substituents is 1. The van der Waals surface area contributed by atoms with Crippen molar-refractivity contribution >= 4 is 23.0 Å². The van der Waals surface area contributed by atoms with Gasteiger partial charge < -0.3 is 14.8 Å². The number of anilines is 1. The van der Waals surface area contributed by atoms with Gasteiger partial charge in [-0.1, -0.05) is 23.7 Å². The minimum Gasteiger partial charge on any atom is -0.490 e. The third-order valence-corrected chi connectivity index (χ3v) is 5.55. The van der Waals surface area contributed by atoms with Crippen LogP contribution in [0.4, 0.5) is 11.4 Å². The van der Waals surface area contributed by atoms with Crippen molar-refractivity contribution in [3.8, 4) is 11.5 Å². The van der Waals surface area contributed by atoms with Gasteiger partial charge in [0.1, 0.15) is 6.61 Å². The molecule has 0 radical (unpaired) electrons. The van der Waals surface area contributed by atoms with Crippen LogP contribution in [0, 0.1) is 17.0 Å². The van der Waals surface area contributed by atoms with Crippen molar-refractivity contribution in [2.75, 3.05) is 11.9 Å². The van der Waals surface area contributed by atoms with E-state index in [1.165, 1.54) is 12.1 Å². The Balaban J connectivity index is 1.83. The molecular formula is C26H27ClN2O4. The molecule has 0 aliphatic rings. The largest absolute Gasteiger partial charge is 0.490 e. The van der Waals surface area contributed by atoms with E-state index in [1.54, 1.807) is 12.1 Å². The van der Waals surface area contributed by atoms with E-state index in [-0.39, 0.29) is 12.3 Å². The molecule has 1 N–H and O–H groups in total. The lowest BCUT2D eigenvalue weighted by Gasteiger charge is -2.18. The molecule has 3 rings (SSSR count). The number of benzene rings is 3. The topological polar surface area (TPSA) is 73.6 Å². The zero-order valence-corrected chi connectivity index (χ0v) is 19.5. The van der Waals surface area contributed by atoms with Crippen LogP contribution in [0.1, 0.15) is 29.2 Å². The molecule has 0 atom stereocenters. The summed E-state index contributed by atoms with van der Waals surface area (Å²) in [7, 11) is 0. The van der Waals surface area contributed by atoms with Crippen molar-refractivity contribution in [1.82, 2.24) is 0 Å². The molecule has 0 bridgehead atoms. The fourth-order valence-electron chi connectivity index (χ4n) is 3.42. The maximum Gasteiger partial charge on any atom is 0.269 e. The highest BCUT2D eigenvalue weighted by atomic mass is 35.5. The summed E-state index contributed by atoms with van der Waals surface area (Å²) < 4.78 is 12.0. The molecule has 0 aromatic heterocycles. The summed E-state index contributed by atoms with van der Waals surface area (Å²) in [6.07, 6.45) is 2.43. The number of nitro groups is 1. The summed E-state index contributed by atoms with van der Waals surface area (Å²) in [5.41, 5.74) is 4.85. The van der Waals surface area contributed by atoms with Crippen LogP contribution >= 0.6 is 11.6 Å². The Labute approximate surface area is 199 Å². The Morgan fingerprint density at radius 2 is 1.88 bits per heavy atom. The van der Waals surface area contributed by atoms with E-state index in [0.29, 0.717) is 31.1 Å². The fourth-order valence-corrected chi connectivity index (χ4v) is 3.60. The third kappa shape index (κ3) is 6.26. The Bertz CT molecular complexity index is 1130. The van der Waals surface area contributed by atoms with Crippen LogP contribution in [0.5, 0.6) is 11.5 Å². The first kappa shape index (κ1) is 24.1. The first-order valence-electron chi connectivity index (χ1n) is 10.7. The second kappa shape index (κ2) is 11.4. The maximum absolute atomic E-state index is 10.9. The molecule has 6 nitrogen and oxygen atoms in total. The van der Waals surface area contributed by atoms with E-state index >= 15 is 0 Å². The van der Waals surface area contributed by atoms with Crippen LogP contribution < -0.4 is 14.8 Å². The molecule has 33 heavy (non-hydrogen) atoms. The van der Waals surface area contributed by atoms with Gasteiger partial charge in [-0.2, -0.15) is 0 Å². The molecule has 7 heteroatoms. The van der Waals surface area contributed by atoms with Crippen molar-refractivity contribution in [2.45, 2.75) is 33.4 Å². The zero-order chi connectivity index (χ0) is 23.8. The first-order chi connectivity index (χ1) is 15.9. The molecule has 3 aromatic carbocycles. The number of nitrogens with zero attached hydrogens (tertiary/aromatic N) is 1. The van der Waals surface area contributed by atoms with Crippen molar-refractivity contribution in [1.29, 1.82) is 0 Å². The second-order valence-electron chi connectivity index (χ2n) is 7.49. The Morgan fingerprint density at radius 1 is 1.12 bits per heavy atom. The van der Waals surface area contributed by atoms with Gasteiger partial charge in [-0.15, -0.1) is 6.58 Å². The molecule has 0 fully saturated rings. The Kier molecular flexibility index (Phi) is 8.33. The number of nitro benzene ring substituents is 1. The molecule has 0 aliphatic carbocycles. The lowest BCUT2D eigenvalue weighted by molar-refractivity contribution is -0.384. The Morgan fingerprint density at radius 3 is 2.55 bits per heavy atom. The SMILES string of the molecule is C=CCc1cc(CNc2cccc(Cl)c2C)cc(OCC)c1OCc1ccc([N+](=O)[O-])cc1. The molecule has 0 aliphatic heterocycles. The van der Waals surface area contributed by atoms with Crippen molar-refractivity contribution in [3.05, 3.63) is 105 Å². The first-order valence-corrected chi connectivity index (χ1v) is 11.0. The summed E-state index contributed by atoms with van der Waals surface area (Å²) in [6.45, 7) is 9.12. The monoisotopic (exact) mass is 466 g/mol. The summed E-state index contributed by atoms with van der Waals surface area (Å²) in [5.74, 6) is 1.30. The van der Waals surface area contributed by atoms with Crippen molar-refractivity contribution < 1.29 is 14.4 Å². The maximum atomic E-state index is 10.9. The van der Waals surface area contributed by atoms with Crippen molar-refractivity contribution in [3.63, 3.8) is 0 Å². The van der Waals surface area contributed by atoms with E-state index < -0.39 is 4.92 Å². The number of hydrogen-bond donors (Lipinski definition) is 1. The van der Waals surface area contributed by atoms with Gasteiger partial charge in [-0.3, -0.25) is 10.1 Å². The average Bonchev–Trinajstić information content (AvgIpc) is 2.80. The summed E-state index contributed by atoms with van der Waals surface area (Å²) in [4.78, 5) is 10.5. The van der Waals surface area contributed by atoms with Gasteiger partial charge in [0.15, 0.2) is 11.5 Å². The molecule has 0 saturated heterocycles. The van der Waals surface area contributed by atoms with Crippen LogP contribution in [0.25, 0.3) is 0 Å². The molecule has 0 spiro atoms. The van der Waals surface area contributed by atoms with Gasteiger partial charge in [0.05, 0.1) is 11.5 Å². The highest BCUT2D eigenvalue weighted by Crippen LogP contribution is 2.35. The summed E-state index contributed by atoms with van der Waals surface area (Å²) in [5, 5.41) is 15.0. The standard InChI is InChI=1S/C26H27ClN2O4/c1-4-7-21-14-20(16-28-24-9-6-8-23(27)18(24)3)15-25(32-5-2)26(21)33-17-19-10-12-22(13-11-19)29(30)31/h4,6,8-15,28H,1,5,7,16-17H2,2-3H3. The molecule has 0 amide bonds. The lowest BCUT2D eigenvalue weighted by atomic mass is 10.0. The van der Waals surface area contributed by atoms with E-state index in [0.717, 1.165) is 33.0 Å². The van der Waals surface area contributed by atoms with Crippen LogP contribution in [0.2, 0.25) is 5.02 Å². The van der Waals surface area contributed by atoms with E-state index in [2.05, 4.69) is 18.0 Å². The number of nitrogens with one attached hydrogen (secondary N) is 1. The predicted molar refractivity (Wildman–Crippen MR) is 132 cm³/mol. The van der Waals surface area contributed by atoms with Gasteiger partial charge in [-0.25, -0.2) is 0 Å². The van der Waals surface area contributed by atoms with Crippen LogP contribution in [0.3, 0.4) is 0 Å². The molecular weight excluding hydrogens is 440 g/mol. The quantitative estimate of drug-likeness (QED) is 0.189. The minimum absolute atomic E-state index is 0.0490. The molecule has 3 aromatic rings. The number of allylic oxidation sites excluding steroid dienone is 1. The normalized spacial score (nSPS) is 10.5. The fraction of sp³-hybridized carbons (Fsp3) is 0.231. The van der Waals surface area contributed by atoms with E-state index in [4.69, 9.17) is 21.1 Å². The number of hydrogen-bond acceptors (Lipinski definition) is 5. The number of rotatable bonds is 11. The lowest BCUT2D eigenvalue weighted by Crippen LogP contribution is -2.06. The molecule has 172 valence electrons. The second-order valence-corrected chi connectivity index (χ2v) is 7.89. The van der Waals surface area contributed by atoms with Gasteiger partial charge >= 0.3 is 0 Å². The molecule has 0 heterocycles. The summed E-state index contributed by atoms with van der Waals surface area (Å²) in [6, 6.07) is 16.1. The van der Waals surface area contributed by atoms with Crippen LogP contribution in [-0.2, 0) is 19.6 Å². The van der Waals surface area contributed by atoms with Gasteiger partial charge in [0.2, 0.25) is 0 Å². The molecule has 0 saturated carbocycles. The number of halogens is 1. The van der Waals surface area contributed by atoms with Gasteiger partial charge in [-0.05, 0) is 73.4 Å². The predicted octanol–water partition coefficient (Wildman–Crippen LogP) is 6.87. The zero-order valence-electron chi connectivity index (χ0n) is 18.8. The summed E-state index contributed by atoms with van der Waals surface area (Å²) >= 11 is 6.24. The molecule has 0 unspecified atom stereocenters. The third-order valence-electron chi connectivity index (χ3n) is 5.14. The highest BCUT2D eigenvalue weighted by molar-refractivity contribution is 6.31. The van der Waals surface area contributed by atoms with Crippen LogP contribution in [-0.4, -0.2) is 11.5 Å². The van der Waals surface area contributed by atoms with E-state index in [1.807, 2.05) is 44.2 Å².